The topological polar surface area (TPSA) is 64.3 Å². The highest BCUT2D eigenvalue weighted by Gasteiger charge is 2.28. The molecule has 1 fully saturated rings. The van der Waals surface area contributed by atoms with Crippen molar-refractivity contribution in [2.75, 3.05) is 6.54 Å². The fourth-order valence-corrected chi connectivity index (χ4v) is 2.11. The smallest absolute Gasteiger partial charge is 0.387 e. The lowest BCUT2D eigenvalue weighted by molar-refractivity contribution is -0.121. The van der Waals surface area contributed by atoms with E-state index >= 15 is 0 Å². The molecule has 22 heavy (non-hydrogen) atoms. The Bertz CT molecular complexity index is 467. The molecule has 1 saturated carbocycles. The standard InChI is InChI=1S/C15H20F2N2O2.ClH/c16-15(17)21-12-6-1-10(2-7-12)3-8-14(20)19-9-13(18)11-4-5-11;/h1-2,6-7,11,13,15H,3-5,8-9,18H2,(H,19,20);1H. The Balaban J connectivity index is 0.00000242. The number of nitrogens with two attached hydrogens (primary N) is 1. The van der Waals surface area contributed by atoms with Crippen LogP contribution in [0.1, 0.15) is 24.8 Å². The van der Waals surface area contributed by atoms with Gasteiger partial charge in [-0.3, -0.25) is 4.79 Å². The Morgan fingerprint density at radius 3 is 2.50 bits per heavy atom. The predicted octanol–water partition coefficient (Wildman–Crippen LogP) is 2.50. The summed E-state index contributed by atoms with van der Waals surface area (Å²) in [6.07, 6.45) is 3.22. The minimum Gasteiger partial charge on any atom is -0.435 e. The highest BCUT2D eigenvalue weighted by Crippen LogP contribution is 2.31. The first-order chi connectivity index (χ1) is 10.0. The van der Waals surface area contributed by atoms with E-state index in [0.29, 0.717) is 25.3 Å². The molecule has 1 aromatic rings. The van der Waals surface area contributed by atoms with E-state index in [4.69, 9.17) is 5.73 Å². The Hall–Kier alpha value is -1.40. The van der Waals surface area contributed by atoms with Crippen LogP contribution in [0, 0.1) is 5.92 Å². The lowest BCUT2D eigenvalue weighted by Crippen LogP contribution is -2.38. The number of hydrogen-bond acceptors (Lipinski definition) is 3. The molecular weight excluding hydrogens is 314 g/mol. The molecule has 0 heterocycles. The van der Waals surface area contributed by atoms with Crippen molar-refractivity contribution in [3.63, 3.8) is 0 Å². The summed E-state index contributed by atoms with van der Waals surface area (Å²) in [7, 11) is 0. The normalized spacial score (nSPS) is 15.1. The fourth-order valence-electron chi connectivity index (χ4n) is 2.11. The number of aryl methyl sites for hydroxylation is 1. The number of ether oxygens (including phenoxy) is 1. The Labute approximate surface area is 134 Å². The van der Waals surface area contributed by atoms with Gasteiger partial charge in [0.1, 0.15) is 5.75 Å². The zero-order valence-corrected chi connectivity index (χ0v) is 13.0. The van der Waals surface area contributed by atoms with Crippen LogP contribution in [0.3, 0.4) is 0 Å². The molecule has 4 nitrogen and oxygen atoms in total. The van der Waals surface area contributed by atoms with Crippen molar-refractivity contribution in [1.82, 2.24) is 5.32 Å². The minimum absolute atomic E-state index is 0. The molecule has 1 unspecified atom stereocenters. The SMILES string of the molecule is Cl.NC(CNC(=O)CCc1ccc(OC(F)F)cc1)C1CC1. The average molecular weight is 335 g/mol. The second-order valence-electron chi connectivity index (χ2n) is 5.33. The van der Waals surface area contributed by atoms with Gasteiger partial charge in [0.15, 0.2) is 0 Å². The Morgan fingerprint density at radius 1 is 1.32 bits per heavy atom. The Morgan fingerprint density at radius 2 is 1.95 bits per heavy atom. The third-order valence-electron chi connectivity index (χ3n) is 3.55. The summed E-state index contributed by atoms with van der Waals surface area (Å²) < 4.78 is 28.3. The summed E-state index contributed by atoms with van der Waals surface area (Å²) in [5.41, 5.74) is 6.80. The summed E-state index contributed by atoms with van der Waals surface area (Å²) in [6.45, 7) is -2.30. The molecule has 1 amide bonds. The number of carbonyl (C=O) groups excluding carboxylic acids is 1. The Kier molecular flexibility index (Phi) is 7.55. The van der Waals surface area contributed by atoms with Crippen molar-refractivity contribution in [2.24, 2.45) is 11.7 Å². The summed E-state index contributed by atoms with van der Waals surface area (Å²) in [4.78, 5) is 11.7. The maximum absolute atomic E-state index is 12.0. The van der Waals surface area contributed by atoms with Gasteiger partial charge in [0.05, 0.1) is 0 Å². The molecule has 1 aliphatic rings. The zero-order valence-electron chi connectivity index (χ0n) is 12.1. The van der Waals surface area contributed by atoms with Crippen molar-refractivity contribution in [3.05, 3.63) is 29.8 Å². The molecule has 7 heteroatoms. The van der Waals surface area contributed by atoms with Gasteiger partial charge in [0.25, 0.3) is 0 Å². The number of carbonyl (C=O) groups is 1. The molecule has 1 aliphatic carbocycles. The lowest BCUT2D eigenvalue weighted by atomic mass is 10.1. The molecule has 2 rings (SSSR count). The zero-order chi connectivity index (χ0) is 15.2. The van der Waals surface area contributed by atoms with Crippen LogP contribution in [0.15, 0.2) is 24.3 Å². The quantitative estimate of drug-likeness (QED) is 0.767. The van der Waals surface area contributed by atoms with Crippen molar-refractivity contribution in [3.8, 4) is 5.75 Å². The van der Waals surface area contributed by atoms with Crippen LogP contribution in [0.25, 0.3) is 0 Å². The molecule has 1 atom stereocenters. The van der Waals surface area contributed by atoms with Crippen LogP contribution in [0.4, 0.5) is 8.78 Å². The van der Waals surface area contributed by atoms with Crippen LogP contribution >= 0.6 is 12.4 Å². The molecule has 1 aromatic carbocycles. The largest absolute Gasteiger partial charge is 0.435 e. The fraction of sp³-hybridized carbons (Fsp3) is 0.533. The number of benzene rings is 1. The molecule has 0 aromatic heterocycles. The maximum atomic E-state index is 12.0. The maximum Gasteiger partial charge on any atom is 0.387 e. The van der Waals surface area contributed by atoms with Crippen molar-refractivity contribution in [2.45, 2.75) is 38.3 Å². The van der Waals surface area contributed by atoms with Crippen LogP contribution in [0.5, 0.6) is 5.75 Å². The number of alkyl halides is 2. The van der Waals surface area contributed by atoms with Gasteiger partial charge in [-0.1, -0.05) is 12.1 Å². The first kappa shape index (κ1) is 18.6. The molecule has 0 bridgehead atoms. The summed E-state index contributed by atoms with van der Waals surface area (Å²) in [5.74, 6) is 0.639. The van der Waals surface area contributed by atoms with Crippen LogP contribution in [0.2, 0.25) is 0 Å². The first-order valence-corrected chi connectivity index (χ1v) is 7.10. The van der Waals surface area contributed by atoms with Crippen LogP contribution in [-0.2, 0) is 11.2 Å². The predicted molar refractivity (Wildman–Crippen MR) is 82.4 cm³/mol. The van der Waals surface area contributed by atoms with E-state index in [1.165, 1.54) is 12.1 Å². The van der Waals surface area contributed by atoms with E-state index in [0.717, 1.165) is 18.4 Å². The van der Waals surface area contributed by atoms with Gasteiger partial charge >= 0.3 is 6.61 Å². The minimum atomic E-state index is -2.82. The number of amides is 1. The van der Waals surface area contributed by atoms with Gasteiger partial charge in [-0.25, -0.2) is 0 Å². The van der Waals surface area contributed by atoms with E-state index in [1.807, 2.05) is 0 Å². The second-order valence-corrected chi connectivity index (χ2v) is 5.33. The molecule has 124 valence electrons. The third kappa shape index (κ3) is 6.58. The number of hydrogen-bond donors (Lipinski definition) is 2. The second kappa shape index (κ2) is 8.90. The average Bonchev–Trinajstić information content (AvgIpc) is 3.28. The van der Waals surface area contributed by atoms with Crippen molar-refractivity contribution < 1.29 is 18.3 Å². The molecule has 0 saturated heterocycles. The highest BCUT2D eigenvalue weighted by molar-refractivity contribution is 5.85. The third-order valence-corrected chi connectivity index (χ3v) is 3.55. The van der Waals surface area contributed by atoms with Crippen LogP contribution < -0.4 is 15.8 Å². The summed E-state index contributed by atoms with van der Waals surface area (Å²) in [5, 5.41) is 2.82. The number of halogens is 3. The van der Waals surface area contributed by atoms with Gasteiger partial charge in [-0.2, -0.15) is 8.78 Å². The van der Waals surface area contributed by atoms with E-state index in [2.05, 4.69) is 10.1 Å². The molecule has 0 aliphatic heterocycles. The van der Waals surface area contributed by atoms with E-state index < -0.39 is 6.61 Å². The van der Waals surface area contributed by atoms with Gasteiger partial charge < -0.3 is 15.8 Å². The van der Waals surface area contributed by atoms with Crippen molar-refractivity contribution in [1.29, 1.82) is 0 Å². The number of rotatable bonds is 8. The van der Waals surface area contributed by atoms with Gasteiger partial charge in [0, 0.05) is 19.0 Å². The van der Waals surface area contributed by atoms with Gasteiger partial charge in [0.2, 0.25) is 5.91 Å². The number of nitrogens with one attached hydrogen (secondary N) is 1. The highest BCUT2D eigenvalue weighted by atomic mass is 35.5. The lowest BCUT2D eigenvalue weighted by Gasteiger charge is -2.11. The summed E-state index contributed by atoms with van der Waals surface area (Å²) in [6, 6.07) is 6.37. The molecule has 0 spiro atoms. The van der Waals surface area contributed by atoms with E-state index in [1.54, 1.807) is 12.1 Å². The van der Waals surface area contributed by atoms with Gasteiger partial charge in [-0.15, -0.1) is 12.4 Å². The summed E-state index contributed by atoms with van der Waals surface area (Å²) >= 11 is 0. The molecule has 3 N–H and O–H groups in total. The van der Waals surface area contributed by atoms with Crippen molar-refractivity contribution >= 4 is 18.3 Å². The molecular formula is C15H21ClF2N2O2. The monoisotopic (exact) mass is 334 g/mol. The van der Waals surface area contributed by atoms with E-state index in [9.17, 15) is 13.6 Å². The van der Waals surface area contributed by atoms with Gasteiger partial charge in [-0.05, 0) is 42.9 Å². The molecule has 0 radical (unpaired) electrons. The van der Waals surface area contributed by atoms with Crippen LogP contribution in [-0.4, -0.2) is 25.1 Å². The first-order valence-electron chi connectivity index (χ1n) is 7.10. The van der Waals surface area contributed by atoms with E-state index in [-0.39, 0.29) is 30.1 Å².